The molecule has 1 aliphatic rings. The number of benzene rings is 2. The van der Waals surface area contributed by atoms with Crippen molar-refractivity contribution in [1.82, 2.24) is 14.9 Å². The Hall–Kier alpha value is -4.08. The largest absolute Gasteiger partial charge is 0.508 e. The number of phenols is 2. The van der Waals surface area contributed by atoms with Gasteiger partial charge in [-0.05, 0) is 43.3 Å². The minimum atomic E-state index is -0.790. The second kappa shape index (κ2) is 8.36. The maximum Gasteiger partial charge on any atom is 0.259 e. The molecular weight excluding hydrogens is 438 g/mol. The van der Waals surface area contributed by atoms with Gasteiger partial charge in [0.15, 0.2) is 0 Å². The van der Waals surface area contributed by atoms with Crippen LogP contribution in [0.15, 0.2) is 48.8 Å². The first-order valence-corrected chi connectivity index (χ1v) is 10.9. The van der Waals surface area contributed by atoms with Gasteiger partial charge in [-0.3, -0.25) is 14.9 Å². The number of rotatable bonds is 7. The molecule has 1 atom stereocenters. The number of hydrogen-bond acceptors (Lipinski definition) is 6. The Kier molecular flexibility index (Phi) is 5.35. The zero-order chi connectivity index (χ0) is 24.0. The average molecular weight is 461 g/mol. The number of phenolic OH excluding ortho intramolecular Hbond substituents is 2. The Balaban J connectivity index is 1.72. The molecule has 9 nitrogen and oxygen atoms in total. The van der Waals surface area contributed by atoms with Crippen molar-refractivity contribution in [3.63, 3.8) is 0 Å². The molecular formula is C25H23N3O6. The van der Waals surface area contributed by atoms with Crippen LogP contribution in [0.2, 0.25) is 0 Å². The number of imide groups is 1. The van der Waals surface area contributed by atoms with Gasteiger partial charge >= 0.3 is 0 Å². The van der Waals surface area contributed by atoms with Crippen LogP contribution < -0.4 is 5.32 Å². The lowest BCUT2D eigenvalue weighted by Crippen LogP contribution is -2.22. The number of ether oxygens (including phenoxy) is 1. The number of aliphatic hydroxyl groups excluding tert-OH is 1. The predicted octanol–water partition coefficient (Wildman–Crippen LogP) is 2.50. The first kappa shape index (κ1) is 21.7. The minimum absolute atomic E-state index is 0.00487. The van der Waals surface area contributed by atoms with Crippen LogP contribution in [0.4, 0.5) is 0 Å². The molecule has 0 bridgehead atoms. The molecule has 174 valence electrons. The van der Waals surface area contributed by atoms with Crippen LogP contribution >= 0.6 is 0 Å². The van der Waals surface area contributed by atoms with Crippen molar-refractivity contribution >= 4 is 44.8 Å². The van der Waals surface area contributed by atoms with E-state index in [1.807, 2.05) is 6.92 Å². The summed E-state index contributed by atoms with van der Waals surface area (Å²) in [7, 11) is 0. The molecule has 0 radical (unpaired) electrons. The average Bonchev–Trinajstić information content (AvgIpc) is 3.44. The molecule has 0 aliphatic carbocycles. The van der Waals surface area contributed by atoms with Crippen LogP contribution in [-0.2, 0) is 20.9 Å². The van der Waals surface area contributed by atoms with Crippen molar-refractivity contribution in [2.75, 3.05) is 13.2 Å². The number of hydrogen-bond donors (Lipinski definition) is 5. The Morgan fingerprint density at radius 3 is 2.38 bits per heavy atom. The molecule has 9 heteroatoms. The maximum atomic E-state index is 13.0. The molecule has 34 heavy (non-hydrogen) atoms. The molecule has 3 heterocycles. The van der Waals surface area contributed by atoms with E-state index in [1.54, 1.807) is 29.1 Å². The number of nitrogens with zero attached hydrogens (tertiary/aromatic N) is 1. The molecule has 1 aliphatic heterocycles. The maximum absolute atomic E-state index is 13.0. The van der Waals surface area contributed by atoms with Gasteiger partial charge < -0.3 is 29.6 Å². The molecule has 0 fully saturated rings. The normalized spacial score (nSPS) is 15.0. The Morgan fingerprint density at radius 2 is 1.65 bits per heavy atom. The Labute approximate surface area is 193 Å². The highest BCUT2D eigenvalue weighted by Crippen LogP contribution is 2.39. The first-order chi connectivity index (χ1) is 16.4. The van der Waals surface area contributed by atoms with E-state index in [9.17, 15) is 24.9 Å². The molecule has 0 saturated carbocycles. The first-order valence-electron chi connectivity index (χ1n) is 10.9. The van der Waals surface area contributed by atoms with E-state index in [2.05, 4.69) is 10.3 Å². The standard InChI is InChI=1S/C25H23N3O6/c1-2-34-12-15(31)10-28-11-19(17-8-14(30)4-6-21(17)28)23-22(24(32)27-25(23)33)18-9-26-20-5-3-13(29)7-16(18)20/h3-9,11,15,26,29-31H,2,10,12H2,1H3,(H,27,32,33). The van der Waals surface area contributed by atoms with E-state index in [1.165, 1.54) is 24.3 Å². The number of aliphatic hydroxyl groups is 1. The molecule has 5 N–H and O–H groups in total. The number of fused-ring (bicyclic) bond motifs is 2. The molecule has 2 aromatic carbocycles. The lowest BCUT2D eigenvalue weighted by Gasteiger charge is -2.12. The van der Waals surface area contributed by atoms with E-state index in [-0.39, 0.29) is 35.8 Å². The summed E-state index contributed by atoms with van der Waals surface area (Å²) in [5.41, 5.74) is 2.62. The van der Waals surface area contributed by atoms with Crippen molar-refractivity contribution in [2.24, 2.45) is 0 Å². The zero-order valence-corrected chi connectivity index (χ0v) is 18.3. The minimum Gasteiger partial charge on any atom is -0.508 e. The van der Waals surface area contributed by atoms with Gasteiger partial charge in [0.2, 0.25) is 0 Å². The van der Waals surface area contributed by atoms with Gasteiger partial charge in [-0.15, -0.1) is 0 Å². The van der Waals surface area contributed by atoms with Crippen LogP contribution in [0.5, 0.6) is 11.5 Å². The lowest BCUT2D eigenvalue weighted by molar-refractivity contribution is -0.122. The van der Waals surface area contributed by atoms with Gasteiger partial charge in [-0.1, -0.05) is 0 Å². The summed E-state index contributed by atoms with van der Waals surface area (Å²) < 4.78 is 7.08. The van der Waals surface area contributed by atoms with Crippen molar-refractivity contribution in [3.8, 4) is 11.5 Å². The Bertz CT molecular complexity index is 1480. The fourth-order valence-corrected chi connectivity index (χ4v) is 4.45. The summed E-state index contributed by atoms with van der Waals surface area (Å²) in [5.74, 6) is -1.08. The smallest absolute Gasteiger partial charge is 0.259 e. The number of aromatic nitrogens is 2. The van der Waals surface area contributed by atoms with Crippen molar-refractivity contribution in [1.29, 1.82) is 0 Å². The van der Waals surface area contributed by atoms with E-state index in [4.69, 9.17) is 4.74 Å². The number of amides is 2. The number of H-pyrrole nitrogens is 1. The molecule has 2 amide bonds. The molecule has 1 unspecified atom stereocenters. The molecule has 0 saturated heterocycles. The second-order valence-electron chi connectivity index (χ2n) is 8.18. The summed E-state index contributed by atoms with van der Waals surface area (Å²) in [6.45, 7) is 2.66. The summed E-state index contributed by atoms with van der Waals surface area (Å²) in [4.78, 5) is 29.0. The fourth-order valence-electron chi connectivity index (χ4n) is 4.45. The summed E-state index contributed by atoms with van der Waals surface area (Å²) >= 11 is 0. The third-order valence-electron chi connectivity index (χ3n) is 5.92. The number of carbonyl (C=O) groups excluding carboxylic acids is 2. The zero-order valence-electron chi connectivity index (χ0n) is 18.3. The lowest BCUT2D eigenvalue weighted by atomic mass is 9.95. The quantitative estimate of drug-likeness (QED) is 0.268. The van der Waals surface area contributed by atoms with Crippen LogP contribution in [0.25, 0.3) is 33.0 Å². The third-order valence-corrected chi connectivity index (χ3v) is 5.92. The molecule has 0 spiro atoms. The second-order valence-corrected chi connectivity index (χ2v) is 8.18. The van der Waals surface area contributed by atoms with E-state index in [0.29, 0.717) is 39.5 Å². The van der Waals surface area contributed by atoms with Crippen LogP contribution in [0.3, 0.4) is 0 Å². The molecule has 2 aromatic heterocycles. The summed E-state index contributed by atoms with van der Waals surface area (Å²) in [6, 6.07) is 9.49. The predicted molar refractivity (Wildman–Crippen MR) is 126 cm³/mol. The topological polar surface area (TPSA) is 137 Å². The van der Waals surface area contributed by atoms with Gasteiger partial charge in [0, 0.05) is 51.9 Å². The molecule has 5 rings (SSSR count). The van der Waals surface area contributed by atoms with Gasteiger partial charge in [0.05, 0.1) is 30.4 Å². The van der Waals surface area contributed by atoms with Crippen LogP contribution in [0, 0.1) is 0 Å². The van der Waals surface area contributed by atoms with Gasteiger partial charge in [-0.25, -0.2) is 0 Å². The SMILES string of the molecule is CCOCC(O)Cn1cc(C2=C(c3c[nH]c4ccc(O)cc34)C(=O)NC2=O)c2cc(O)ccc21. The number of aromatic hydroxyl groups is 2. The monoisotopic (exact) mass is 461 g/mol. The fraction of sp³-hybridized carbons (Fsp3) is 0.200. The Morgan fingerprint density at radius 1 is 0.971 bits per heavy atom. The van der Waals surface area contributed by atoms with Crippen molar-refractivity contribution in [2.45, 2.75) is 19.6 Å². The third kappa shape index (κ3) is 3.60. The highest BCUT2D eigenvalue weighted by atomic mass is 16.5. The van der Waals surface area contributed by atoms with E-state index >= 15 is 0 Å². The van der Waals surface area contributed by atoms with E-state index in [0.717, 1.165) is 0 Å². The number of aromatic amines is 1. The van der Waals surface area contributed by atoms with Crippen molar-refractivity contribution < 1.29 is 29.6 Å². The van der Waals surface area contributed by atoms with Gasteiger partial charge in [-0.2, -0.15) is 0 Å². The number of carbonyl (C=O) groups is 2. The van der Waals surface area contributed by atoms with Crippen LogP contribution in [-0.4, -0.2) is 56.0 Å². The van der Waals surface area contributed by atoms with Crippen LogP contribution in [0.1, 0.15) is 18.1 Å². The molecule has 4 aromatic rings. The highest BCUT2D eigenvalue weighted by molar-refractivity contribution is 6.50. The van der Waals surface area contributed by atoms with E-state index < -0.39 is 17.9 Å². The van der Waals surface area contributed by atoms with Crippen molar-refractivity contribution in [3.05, 3.63) is 59.9 Å². The summed E-state index contributed by atoms with van der Waals surface area (Å²) in [5, 5.41) is 34.0. The van der Waals surface area contributed by atoms with Gasteiger partial charge in [0.1, 0.15) is 11.5 Å². The van der Waals surface area contributed by atoms with Gasteiger partial charge in [0.25, 0.3) is 11.8 Å². The highest BCUT2D eigenvalue weighted by Gasteiger charge is 2.35. The summed E-state index contributed by atoms with van der Waals surface area (Å²) in [6.07, 6.45) is 2.53. The number of nitrogens with one attached hydrogen (secondary N) is 2.